The molecule has 11 heteroatoms. The van der Waals surface area contributed by atoms with Gasteiger partial charge >= 0.3 is 6.03 Å². The molecule has 2 aromatic rings. The van der Waals surface area contributed by atoms with E-state index in [9.17, 15) is 23.5 Å². The van der Waals surface area contributed by atoms with Crippen LogP contribution >= 0.6 is 0 Å². The molecule has 3 atom stereocenters. The van der Waals surface area contributed by atoms with Gasteiger partial charge in [-0.25, -0.2) is 18.6 Å². The average molecular weight is 435 g/mol. The van der Waals surface area contributed by atoms with Crippen LogP contribution in [0.2, 0.25) is 0 Å². The molecule has 1 fully saturated rings. The molecule has 1 saturated heterocycles. The van der Waals surface area contributed by atoms with Crippen molar-refractivity contribution in [2.75, 3.05) is 18.5 Å². The fraction of sp³-hybridized carbons (Fsp3) is 0.400. The Bertz CT molecular complexity index is 902. The highest BCUT2D eigenvalue weighted by molar-refractivity contribution is 5.91. The van der Waals surface area contributed by atoms with Gasteiger partial charge in [-0.3, -0.25) is 9.78 Å². The van der Waals surface area contributed by atoms with Crippen LogP contribution in [0, 0.1) is 11.6 Å². The molecule has 3 rings (SSSR count). The first-order valence-corrected chi connectivity index (χ1v) is 9.79. The summed E-state index contributed by atoms with van der Waals surface area (Å²) in [5.74, 6) is -1.79. The molecular formula is C20H23F2N5O4. The highest BCUT2D eigenvalue weighted by Crippen LogP contribution is 2.22. The number of anilines is 1. The Kier molecular flexibility index (Phi) is 7.79. The number of carbonyl (C=O) groups is 2. The number of halogens is 2. The van der Waals surface area contributed by atoms with Crippen molar-refractivity contribution in [2.45, 2.75) is 37.5 Å². The maximum Gasteiger partial charge on any atom is 0.319 e. The van der Waals surface area contributed by atoms with Crippen LogP contribution in [0.1, 0.15) is 29.8 Å². The Balaban J connectivity index is 1.45. The van der Waals surface area contributed by atoms with Crippen molar-refractivity contribution in [1.29, 1.82) is 0 Å². The fourth-order valence-electron chi connectivity index (χ4n) is 3.28. The molecule has 0 unspecified atom stereocenters. The number of carbonyl (C=O) groups excluding carboxylic acids is 2. The Hall–Kier alpha value is -3.18. The highest BCUT2D eigenvalue weighted by Gasteiger charge is 2.32. The van der Waals surface area contributed by atoms with Gasteiger partial charge in [0, 0.05) is 25.0 Å². The third kappa shape index (κ3) is 6.40. The van der Waals surface area contributed by atoms with Gasteiger partial charge in [-0.05, 0) is 31.4 Å². The smallest absolute Gasteiger partial charge is 0.319 e. The number of hydrogen-bond donors (Lipinski definition) is 4. The van der Waals surface area contributed by atoms with Crippen LogP contribution < -0.4 is 16.0 Å². The Morgan fingerprint density at radius 3 is 2.81 bits per heavy atom. The molecule has 3 amide bonds. The first-order chi connectivity index (χ1) is 15.0. The van der Waals surface area contributed by atoms with Crippen molar-refractivity contribution >= 4 is 17.6 Å². The van der Waals surface area contributed by atoms with Crippen molar-refractivity contribution in [1.82, 2.24) is 20.6 Å². The van der Waals surface area contributed by atoms with E-state index in [1.165, 1.54) is 18.6 Å². The van der Waals surface area contributed by atoms with E-state index in [0.29, 0.717) is 25.8 Å². The van der Waals surface area contributed by atoms with Crippen LogP contribution in [0.15, 0.2) is 36.8 Å². The summed E-state index contributed by atoms with van der Waals surface area (Å²) in [4.78, 5) is 31.9. The number of amides is 3. The van der Waals surface area contributed by atoms with Gasteiger partial charge < -0.3 is 25.8 Å². The summed E-state index contributed by atoms with van der Waals surface area (Å²) in [5.41, 5.74) is -0.0724. The van der Waals surface area contributed by atoms with E-state index < -0.39 is 29.8 Å². The lowest BCUT2D eigenvalue weighted by Gasteiger charge is -2.36. The molecule has 0 saturated carbocycles. The standard InChI is InChI=1S/C20H23F2N5O4/c21-12-1-3-14(22)16(9-12)27-20(30)26-15-4-2-13(31-18(15)11-28)5-6-25-19(29)17-10-23-7-8-24-17/h1,3,7-10,13,15,18,28H,2,4-6,11H2,(H,25,29)(H2,26,27,30)/t13-,15-,18-/m1/s1. The molecule has 0 radical (unpaired) electrons. The summed E-state index contributed by atoms with van der Waals surface area (Å²) in [6.45, 7) is 0.0113. The topological polar surface area (TPSA) is 125 Å². The summed E-state index contributed by atoms with van der Waals surface area (Å²) in [6.07, 6.45) is 4.97. The summed E-state index contributed by atoms with van der Waals surface area (Å²) in [5, 5.41) is 17.2. The summed E-state index contributed by atoms with van der Waals surface area (Å²) in [7, 11) is 0. The van der Waals surface area contributed by atoms with Gasteiger partial charge in [0.1, 0.15) is 23.4 Å². The number of nitrogens with one attached hydrogen (secondary N) is 3. The van der Waals surface area contributed by atoms with Gasteiger partial charge in [0.05, 0.1) is 30.6 Å². The third-order valence-corrected chi connectivity index (χ3v) is 4.84. The van der Waals surface area contributed by atoms with Crippen LogP contribution in [0.4, 0.5) is 19.3 Å². The number of ether oxygens (including phenoxy) is 1. The lowest BCUT2D eigenvalue weighted by Crippen LogP contribution is -2.52. The zero-order chi connectivity index (χ0) is 22.2. The van der Waals surface area contributed by atoms with Crippen LogP contribution in [0.3, 0.4) is 0 Å². The number of aromatic nitrogens is 2. The summed E-state index contributed by atoms with van der Waals surface area (Å²) < 4.78 is 32.7. The minimum absolute atomic E-state index is 0.213. The van der Waals surface area contributed by atoms with E-state index in [4.69, 9.17) is 4.74 Å². The molecule has 4 N–H and O–H groups in total. The maximum atomic E-state index is 13.7. The van der Waals surface area contributed by atoms with E-state index in [1.807, 2.05) is 0 Å². The predicted molar refractivity (Wildman–Crippen MR) is 106 cm³/mol. The Morgan fingerprint density at radius 1 is 1.23 bits per heavy atom. The molecular weight excluding hydrogens is 412 g/mol. The summed E-state index contributed by atoms with van der Waals surface area (Å²) in [6, 6.07) is 1.50. The van der Waals surface area contributed by atoms with Gasteiger partial charge in [-0.2, -0.15) is 0 Å². The SMILES string of the molecule is O=C(Nc1cc(F)ccc1F)N[C@@H]1CC[C@H](CCNC(=O)c2cnccn2)O[C@@H]1CO. The first-order valence-electron chi connectivity index (χ1n) is 9.79. The lowest BCUT2D eigenvalue weighted by molar-refractivity contribution is -0.0886. The molecule has 1 aliphatic rings. The van der Waals surface area contributed by atoms with Crippen molar-refractivity contribution in [2.24, 2.45) is 0 Å². The van der Waals surface area contributed by atoms with Crippen LogP contribution in [-0.2, 0) is 4.74 Å². The molecule has 2 heterocycles. The normalized spacial score (nSPS) is 20.7. The van der Waals surface area contributed by atoms with E-state index in [1.54, 1.807) is 0 Å². The van der Waals surface area contributed by atoms with Gasteiger partial charge in [0.2, 0.25) is 0 Å². The second kappa shape index (κ2) is 10.7. The minimum atomic E-state index is -0.765. The molecule has 0 aliphatic carbocycles. The molecule has 1 aliphatic heterocycles. The largest absolute Gasteiger partial charge is 0.394 e. The third-order valence-electron chi connectivity index (χ3n) is 4.84. The highest BCUT2D eigenvalue weighted by atomic mass is 19.1. The molecule has 0 spiro atoms. The van der Waals surface area contributed by atoms with Crippen molar-refractivity contribution in [3.8, 4) is 0 Å². The van der Waals surface area contributed by atoms with E-state index in [-0.39, 0.29) is 30.0 Å². The van der Waals surface area contributed by atoms with Crippen molar-refractivity contribution < 1.29 is 28.2 Å². The number of aliphatic hydroxyl groups is 1. The number of benzene rings is 1. The first kappa shape index (κ1) is 22.5. The van der Waals surface area contributed by atoms with Gasteiger partial charge in [-0.1, -0.05) is 0 Å². The predicted octanol–water partition coefficient (Wildman–Crippen LogP) is 1.60. The lowest BCUT2D eigenvalue weighted by atomic mass is 9.97. The van der Waals surface area contributed by atoms with Gasteiger partial charge in [0.25, 0.3) is 5.91 Å². The van der Waals surface area contributed by atoms with Crippen LogP contribution in [-0.4, -0.2) is 58.4 Å². The second-order valence-corrected chi connectivity index (χ2v) is 7.02. The molecule has 9 nitrogen and oxygen atoms in total. The number of aliphatic hydroxyl groups excluding tert-OH is 1. The maximum absolute atomic E-state index is 13.7. The van der Waals surface area contributed by atoms with E-state index >= 15 is 0 Å². The number of nitrogens with zero attached hydrogens (tertiary/aromatic N) is 2. The van der Waals surface area contributed by atoms with Gasteiger partial charge in [-0.15, -0.1) is 0 Å². The zero-order valence-corrected chi connectivity index (χ0v) is 16.6. The van der Waals surface area contributed by atoms with Crippen LogP contribution in [0.25, 0.3) is 0 Å². The van der Waals surface area contributed by atoms with Crippen molar-refractivity contribution in [3.63, 3.8) is 0 Å². The van der Waals surface area contributed by atoms with Gasteiger partial charge in [0.15, 0.2) is 0 Å². The number of hydrogen-bond acceptors (Lipinski definition) is 6. The molecule has 0 bridgehead atoms. The fourth-order valence-corrected chi connectivity index (χ4v) is 3.28. The van der Waals surface area contributed by atoms with E-state index in [2.05, 4.69) is 25.9 Å². The quantitative estimate of drug-likeness (QED) is 0.524. The average Bonchev–Trinajstić information content (AvgIpc) is 2.77. The molecule has 166 valence electrons. The molecule has 1 aromatic heterocycles. The molecule has 31 heavy (non-hydrogen) atoms. The Labute approximate surface area is 177 Å². The number of urea groups is 1. The number of rotatable bonds is 7. The Morgan fingerprint density at radius 2 is 2.06 bits per heavy atom. The van der Waals surface area contributed by atoms with Crippen molar-refractivity contribution in [3.05, 3.63) is 54.1 Å². The monoisotopic (exact) mass is 435 g/mol. The minimum Gasteiger partial charge on any atom is -0.394 e. The van der Waals surface area contributed by atoms with E-state index in [0.717, 1.165) is 18.2 Å². The zero-order valence-electron chi connectivity index (χ0n) is 16.6. The van der Waals surface area contributed by atoms with Crippen LogP contribution in [0.5, 0.6) is 0 Å². The summed E-state index contributed by atoms with van der Waals surface area (Å²) >= 11 is 0. The second-order valence-electron chi connectivity index (χ2n) is 7.02. The molecule has 1 aromatic carbocycles.